The molecule has 1 aromatic rings. The fraction of sp³-hybridized carbons (Fsp3) is 0.760. The van der Waals surface area contributed by atoms with E-state index in [0.29, 0.717) is 12.1 Å². The molecule has 0 spiro atoms. The van der Waals surface area contributed by atoms with Crippen LogP contribution in [0.1, 0.15) is 90.4 Å². The molecule has 2 aliphatic carbocycles. The third-order valence-electron chi connectivity index (χ3n) is 7.31. The first-order chi connectivity index (χ1) is 15.7. The van der Waals surface area contributed by atoms with Crippen LogP contribution in [0, 0.1) is 5.92 Å². The van der Waals surface area contributed by atoms with Gasteiger partial charge in [-0.3, -0.25) is 4.79 Å². The zero-order chi connectivity index (χ0) is 22.8. The number of carbonyl (C=O) groups is 1. The number of primary amides is 1. The molecule has 3 aliphatic rings. The van der Waals surface area contributed by atoms with Gasteiger partial charge in [0.25, 0.3) is 0 Å². The Balaban J connectivity index is 0.000000913. The summed E-state index contributed by atoms with van der Waals surface area (Å²) in [6, 6.07) is 1.28. The maximum Gasteiger partial charge on any atom is 0.204 e. The summed E-state index contributed by atoms with van der Waals surface area (Å²) in [4.78, 5) is 18.7. The van der Waals surface area contributed by atoms with Gasteiger partial charge in [0.1, 0.15) is 4.34 Å². The van der Waals surface area contributed by atoms with Crippen molar-refractivity contribution in [2.45, 2.75) is 102 Å². The van der Waals surface area contributed by atoms with Gasteiger partial charge in [-0.1, -0.05) is 74.5 Å². The van der Waals surface area contributed by atoms with E-state index in [1.165, 1.54) is 90.1 Å². The minimum absolute atomic E-state index is 0.250. The molecule has 0 atom stereocenters. The number of amides is 1. The van der Waals surface area contributed by atoms with Gasteiger partial charge in [0, 0.05) is 30.9 Å². The Morgan fingerprint density at radius 1 is 1.09 bits per heavy atom. The molecular formula is C25H41ClN4OS. The number of allylic oxidation sites excluding steroid dienone is 2. The van der Waals surface area contributed by atoms with Crippen molar-refractivity contribution in [3.63, 3.8) is 0 Å². The van der Waals surface area contributed by atoms with Gasteiger partial charge in [-0.05, 0) is 50.9 Å². The van der Waals surface area contributed by atoms with Gasteiger partial charge >= 0.3 is 0 Å². The number of hydrogen-bond donors (Lipinski definition) is 1. The Bertz CT molecular complexity index is 705. The fourth-order valence-electron chi connectivity index (χ4n) is 5.90. The molecule has 180 valence electrons. The summed E-state index contributed by atoms with van der Waals surface area (Å²) >= 11 is 7.96. The lowest BCUT2D eigenvalue weighted by atomic mass is 9.85. The molecular weight excluding hydrogens is 440 g/mol. The zero-order valence-corrected chi connectivity index (χ0v) is 21.3. The Labute approximate surface area is 203 Å². The number of nitrogens with two attached hydrogens (primary N) is 1. The third-order valence-corrected chi connectivity index (χ3v) is 8.44. The van der Waals surface area contributed by atoms with Crippen LogP contribution in [0.25, 0.3) is 0 Å². The maximum absolute atomic E-state index is 8.58. The quantitative estimate of drug-likeness (QED) is 0.480. The van der Waals surface area contributed by atoms with Crippen LogP contribution in [-0.4, -0.2) is 41.5 Å². The summed E-state index contributed by atoms with van der Waals surface area (Å²) < 4.78 is 0.823. The van der Waals surface area contributed by atoms with Crippen LogP contribution in [0.4, 0.5) is 5.13 Å². The number of nitrogens with zero attached hydrogens (tertiary/aromatic N) is 3. The molecule has 0 unspecified atom stereocenters. The molecule has 3 fully saturated rings. The summed E-state index contributed by atoms with van der Waals surface area (Å²) in [7, 11) is 0. The second-order valence-electron chi connectivity index (χ2n) is 9.37. The van der Waals surface area contributed by atoms with Crippen molar-refractivity contribution in [2.75, 3.05) is 18.0 Å². The van der Waals surface area contributed by atoms with Crippen LogP contribution in [-0.2, 0) is 4.79 Å². The summed E-state index contributed by atoms with van der Waals surface area (Å²) in [6.45, 7) is 4.71. The SMILES string of the molecule is CC/C=C(\C1CCCCC1)N1CCC(N(c2ncc(Cl)s2)C2CCCCC2)CC1.NC=O. The van der Waals surface area contributed by atoms with Crippen LogP contribution in [0.15, 0.2) is 18.0 Å². The van der Waals surface area contributed by atoms with Crippen molar-refractivity contribution in [1.82, 2.24) is 9.88 Å². The average molecular weight is 481 g/mol. The molecule has 7 heteroatoms. The van der Waals surface area contributed by atoms with Crippen LogP contribution in [0.3, 0.4) is 0 Å². The van der Waals surface area contributed by atoms with E-state index >= 15 is 0 Å². The van der Waals surface area contributed by atoms with Crippen LogP contribution in [0.5, 0.6) is 0 Å². The number of carbonyl (C=O) groups excluding carboxylic acids is 1. The zero-order valence-electron chi connectivity index (χ0n) is 19.7. The second kappa shape index (κ2) is 13.4. The molecule has 0 radical (unpaired) electrons. The first-order valence-corrected chi connectivity index (χ1v) is 13.9. The Morgan fingerprint density at radius 2 is 1.66 bits per heavy atom. The topological polar surface area (TPSA) is 62.5 Å². The van der Waals surface area contributed by atoms with E-state index in [1.54, 1.807) is 17.0 Å². The van der Waals surface area contributed by atoms with Crippen LogP contribution in [0.2, 0.25) is 4.34 Å². The van der Waals surface area contributed by atoms with E-state index in [-0.39, 0.29) is 6.41 Å². The largest absolute Gasteiger partial charge is 0.375 e. The predicted molar refractivity (Wildman–Crippen MR) is 136 cm³/mol. The van der Waals surface area contributed by atoms with Gasteiger partial charge in [0.05, 0.1) is 6.20 Å². The van der Waals surface area contributed by atoms with Crippen molar-refractivity contribution < 1.29 is 4.79 Å². The molecule has 5 nitrogen and oxygen atoms in total. The van der Waals surface area contributed by atoms with E-state index in [9.17, 15) is 0 Å². The molecule has 1 amide bonds. The highest BCUT2D eigenvalue weighted by molar-refractivity contribution is 7.19. The van der Waals surface area contributed by atoms with Crippen molar-refractivity contribution >= 4 is 34.5 Å². The molecule has 2 heterocycles. The molecule has 2 saturated carbocycles. The third kappa shape index (κ3) is 6.86. The first-order valence-electron chi connectivity index (χ1n) is 12.7. The van der Waals surface area contributed by atoms with Crippen LogP contribution >= 0.6 is 22.9 Å². The van der Waals surface area contributed by atoms with Crippen molar-refractivity contribution in [3.8, 4) is 0 Å². The minimum Gasteiger partial charge on any atom is -0.375 e. The highest BCUT2D eigenvalue weighted by atomic mass is 35.5. The lowest BCUT2D eigenvalue weighted by molar-refractivity contribution is -0.106. The molecule has 1 aromatic heterocycles. The standard InChI is InChI=1S/C24H38ClN3S.CH3NO/c1-2-9-22(19-10-5-3-6-11-19)27-16-14-21(15-17-27)28(20-12-7-4-8-13-20)24-26-18-23(25)29-24;2-1-3/h9,18-21H,2-8,10-17H2,1H3;1H,(H2,2,3)/b22-9+;. The fourth-order valence-corrected chi connectivity index (χ4v) is 6.94. The molecule has 0 aromatic carbocycles. The summed E-state index contributed by atoms with van der Waals surface area (Å²) in [5.41, 5.74) is 5.84. The lowest BCUT2D eigenvalue weighted by Crippen LogP contribution is -2.50. The second-order valence-corrected chi connectivity index (χ2v) is 11.0. The van der Waals surface area contributed by atoms with Gasteiger partial charge in [0.2, 0.25) is 6.41 Å². The Kier molecular flexibility index (Phi) is 10.6. The molecule has 1 aliphatic heterocycles. The van der Waals surface area contributed by atoms with E-state index in [4.69, 9.17) is 21.4 Å². The number of likely N-dealkylation sites (tertiary alicyclic amines) is 1. The number of aromatic nitrogens is 1. The lowest BCUT2D eigenvalue weighted by Gasteiger charge is -2.45. The smallest absolute Gasteiger partial charge is 0.204 e. The number of thiazole rings is 1. The highest BCUT2D eigenvalue weighted by Crippen LogP contribution is 2.38. The molecule has 32 heavy (non-hydrogen) atoms. The van der Waals surface area contributed by atoms with Crippen molar-refractivity contribution in [2.24, 2.45) is 11.7 Å². The number of rotatable bonds is 6. The Morgan fingerprint density at radius 3 is 2.19 bits per heavy atom. The average Bonchev–Trinajstić information content (AvgIpc) is 3.26. The molecule has 2 N–H and O–H groups in total. The van der Waals surface area contributed by atoms with E-state index in [0.717, 1.165) is 21.8 Å². The summed E-state index contributed by atoms with van der Waals surface area (Å²) in [5.74, 6) is 0.812. The number of halogens is 1. The van der Waals surface area contributed by atoms with E-state index in [2.05, 4.69) is 28.5 Å². The van der Waals surface area contributed by atoms with E-state index < -0.39 is 0 Å². The van der Waals surface area contributed by atoms with Gasteiger partial charge in [-0.25, -0.2) is 4.98 Å². The molecule has 4 rings (SSSR count). The summed E-state index contributed by atoms with van der Waals surface area (Å²) in [5, 5.41) is 1.16. The first kappa shape index (κ1) is 25.4. The van der Waals surface area contributed by atoms with E-state index in [1.807, 2.05) is 6.20 Å². The normalized spacial score (nSPS) is 21.7. The number of anilines is 1. The highest BCUT2D eigenvalue weighted by Gasteiger charge is 2.33. The van der Waals surface area contributed by atoms with Gasteiger partial charge in [0.15, 0.2) is 5.13 Å². The maximum atomic E-state index is 8.58. The monoisotopic (exact) mass is 480 g/mol. The van der Waals surface area contributed by atoms with Gasteiger partial charge in [-0.2, -0.15) is 0 Å². The molecule has 0 bridgehead atoms. The molecule has 1 saturated heterocycles. The van der Waals surface area contributed by atoms with Gasteiger partial charge in [-0.15, -0.1) is 0 Å². The summed E-state index contributed by atoms with van der Waals surface area (Å²) in [6.07, 6.45) is 22.1. The van der Waals surface area contributed by atoms with Gasteiger partial charge < -0.3 is 15.5 Å². The Hall–Kier alpha value is -1.27. The van der Waals surface area contributed by atoms with Crippen molar-refractivity contribution in [3.05, 3.63) is 22.3 Å². The number of piperidine rings is 1. The predicted octanol–water partition coefficient (Wildman–Crippen LogP) is 6.38. The number of hydrogen-bond acceptors (Lipinski definition) is 5. The van der Waals surface area contributed by atoms with Crippen LogP contribution < -0.4 is 10.6 Å². The van der Waals surface area contributed by atoms with Crippen molar-refractivity contribution in [1.29, 1.82) is 0 Å². The minimum atomic E-state index is 0.250.